The molecule has 0 unspecified atom stereocenters. The van der Waals surface area contributed by atoms with Crippen molar-refractivity contribution in [3.05, 3.63) is 52.2 Å². The summed E-state index contributed by atoms with van der Waals surface area (Å²) in [5.41, 5.74) is 0.601. The fourth-order valence-electron chi connectivity index (χ4n) is 4.88. The van der Waals surface area contributed by atoms with Crippen LogP contribution in [0.2, 0.25) is 0 Å². The second-order valence-electron chi connectivity index (χ2n) is 10.7. The van der Waals surface area contributed by atoms with Gasteiger partial charge in [0.05, 0.1) is 21.4 Å². The Kier molecular flexibility index (Phi) is 35.8. The molecule has 22 heteroatoms. The van der Waals surface area contributed by atoms with Gasteiger partial charge >= 0.3 is 51.2 Å². The number of piperidine rings is 3. The molecule has 2 radical (unpaired) electrons. The maximum atomic E-state index is 11.9. The summed E-state index contributed by atoms with van der Waals surface area (Å²) in [7, 11) is -4.69. The largest absolute Gasteiger partial charge is 2.00 e. The summed E-state index contributed by atoms with van der Waals surface area (Å²) < 4.78 is 32.7. The van der Waals surface area contributed by atoms with E-state index in [2.05, 4.69) is 42.2 Å². The van der Waals surface area contributed by atoms with Crippen molar-refractivity contribution >= 4 is 23.6 Å². The SMILES string of the molecule is O=C(NCCN=C([O-])C1=CCNC=C1)C1CC[N-]CC1.O=C(NCCNC(=O)C1CC[N-]CC1)C1CC[N-]CC1.[Cu+2].[Cu+2].[Cu+].[NH2-].[NH2-].[O-][Cl+3]([O-])([O-])O. The van der Waals surface area contributed by atoms with Crippen molar-refractivity contribution in [1.82, 2.24) is 21.3 Å². The van der Waals surface area contributed by atoms with Crippen LogP contribution in [-0.4, -0.2) is 100 Å². The van der Waals surface area contributed by atoms with Crippen LogP contribution < -0.4 is 40.4 Å². The van der Waals surface area contributed by atoms with Gasteiger partial charge in [0.25, 0.3) is 0 Å². The summed E-state index contributed by atoms with van der Waals surface area (Å²) >= 11 is 0. The van der Waals surface area contributed by atoms with E-state index in [1.165, 1.54) is 0 Å². The van der Waals surface area contributed by atoms with E-state index in [1.807, 2.05) is 0 Å². The summed E-state index contributed by atoms with van der Waals surface area (Å²) in [6.45, 7) is 7.12. The monoisotopic (exact) mass is 877 g/mol. The Morgan fingerprint density at radius 3 is 1.42 bits per heavy atom. The van der Waals surface area contributed by atoms with Crippen LogP contribution >= 0.6 is 0 Å². The third kappa shape index (κ3) is 26.4. The minimum absolute atomic E-state index is 0. The van der Waals surface area contributed by atoms with Crippen LogP contribution in [0.4, 0.5) is 0 Å². The number of nitrogens with two attached hydrogens (primary N) is 2. The first-order valence-corrected chi connectivity index (χ1v) is 16.5. The summed E-state index contributed by atoms with van der Waals surface area (Å²) in [4.78, 5) is 39.5. The molecule has 9 N–H and O–H groups in total. The molecular formula is C28H49ClCu3N10O8-. The number of carbonyl (C=O) groups is 3. The molecule has 3 fully saturated rings. The van der Waals surface area contributed by atoms with Gasteiger partial charge in [0.2, 0.25) is 17.7 Å². The van der Waals surface area contributed by atoms with E-state index in [0.717, 1.165) is 77.8 Å². The number of nitrogens with zero attached hydrogens (tertiary/aromatic N) is 4. The first kappa shape index (κ1) is 55.4. The van der Waals surface area contributed by atoms with Gasteiger partial charge < -0.3 is 54.6 Å². The summed E-state index contributed by atoms with van der Waals surface area (Å²) in [6, 6.07) is 0. The second kappa shape index (κ2) is 32.3. The molecule has 50 heavy (non-hydrogen) atoms. The maximum Gasteiger partial charge on any atom is 2.00 e. The fourth-order valence-corrected chi connectivity index (χ4v) is 4.88. The number of hydrogen-bond acceptors (Lipinski definition) is 10. The van der Waals surface area contributed by atoms with Gasteiger partial charge in [-0.3, -0.25) is 19.4 Å². The summed E-state index contributed by atoms with van der Waals surface area (Å²) in [5.74, 6) is 0.304. The molecule has 4 aliphatic rings. The molecule has 0 aromatic heterocycles. The van der Waals surface area contributed by atoms with Crippen molar-refractivity contribution in [3.8, 4) is 0 Å². The van der Waals surface area contributed by atoms with Crippen LogP contribution in [0.1, 0.15) is 38.5 Å². The van der Waals surface area contributed by atoms with E-state index in [-0.39, 0.29) is 105 Å². The van der Waals surface area contributed by atoms with Gasteiger partial charge in [0, 0.05) is 43.9 Å². The van der Waals surface area contributed by atoms with Crippen LogP contribution in [0.25, 0.3) is 28.3 Å². The Balaban J connectivity index is -0.000000342. The number of hydrogen-bond donors (Lipinski definition) is 5. The van der Waals surface area contributed by atoms with Crippen LogP contribution in [-0.2, 0) is 65.6 Å². The standard InChI is InChI=1S/C14H24N4O2.C14H21N4O2.ClHO4.3Cu.2H2N/c2*19-13(11-1-5-15-6-2-11)17-9-10-18-14(20)12-3-7-16-8-4-12;2-1(3,4)5;;;;;/h11-12H,1-10H2,(H,17,19)(H,18,20);1-2,5,12,15H,3-4,6-10H2,(H,17,19)(H,18,20);(H,2,3,4,5);;;;2*1H2/q-2;-1;;+1;2*+2;2*-1/p-1. The van der Waals surface area contributed by atoms with E-state index in [9.17, 15) is 19.5 Å². The molecule has 4 rings (SSSR count). The molecule has 0 aromatic rings. The molecule has 3 amide bonds. The van der Waals surface area contributed by atoms with Gasteiger partial charge in [-0.1, -0.05) is 44.6 Å². The average molecular weight is 880 g/mol. The zero-order chi connectivity index (χ0) is 32.9. The first-order chi connectivity index (χ1) is 21.5. The Bertz CT molecular complexity index is 973. The van der Waals surface area contributed by atoms with Crippen molar-refractivity contribution in [2.75, 3.05) is 72.0 Å². The Hall–Kier alpha value is -1.35. The van der Waals surface area contributed by atoms with Crippen molar-refractivity contribution in [1.29, 1.82) is 0 Å². The topological polar surface area (TPSA) is 333 Å². The van der Waals surface area contributed by atoms with Crippen molar-refractivity contribution in [3.63, 3.8) is 0 Å². The smallest absolute Gasteiger partial charge is 0.859 e. The van der Waals surface area contributed by atoms with Crippen LogP contribution in [0.3, 0.4) is 0 Å². The molecular weight excluding hydrogens is 830 g/mol. The quantitative estimate of drug-likeness (QED) is 0.0686. The van der Waals surface area contributed by atoms with Gasteiger partial charge in [0.1, 0.15) is 0 Å². The number of aliphatic imine (C=N–C) groups is 1. The summed E-state index contributed by atoms with van der Waals surface area (Å²) in [6.07, 6.45) is 10.3. The molecule has 4 heterocycles. The minimum Gasteiger partial charge on any atom is -0.859 e. The van der Waals surface area contributed by atoms with Crippen LogP contribution in [0, 0.1) is 28.0 Å². The number of rotatable bonds is 10. The van der Waals surface area contributed by atoms with Gasteiger partial charge in [-0.15, -0.1) is 39.3 Å². The van der Waals surface area contributed by atoms with Crippen molar-refractivity contribution in [2.45, 2.75) is 38.5 Å². The molecule has 0 atom stereocenters. The minimum atomic E-state index is -4.69. The third-order valence-corrected chi connectivity index (χ3v) is 7.38. The second-order valence-corrected chi connectivity index (χ2v) is 11.5. The number of amides is 3. The molecule has 4 aliphatic heterocycles. The van der Waals surface area contributed by atoms with E-state index in [1.54, 1.807) is 18.4 Å². The Labute approximate surface area is 328 Å². The zero-order valence-electron chi connectivity index (χ0n) is 27.5. The van der Waals surface area contributed by atoms with E-state index in [0.29, 0.717) is 38.3 Å². The summed E-state index contributed by atoms with van der Waals surface area (Å²) in [5, 5.41) is 36.0. The van der Waals surface area contributed by atoms with Gasteiger partial charge in [-0.25, -0.2) is 0 Å². The van der Waals surface area contributed by atoms with Crippen molar-refractivity contribution < 1.29 is 99.6 Å². The number of nitrogens with one attached hydrogen (secondary N) is 4. The zero-order valence-corrected chi connectivity index (χ0v) is 31.1. The predicted octanol–water partition coefficient (Wildman–Crippen LogP) is -2.22. The maximum absolute atomic E-state index is 11.9. The van der Waals surface area contributed by atoms with Crippen LogP contribution in [0.5, 0.6) is 0 Å². The number of dihydropyridines is 1. The van der Waals surface area contributed by atoms with E-state index in [4.69, 9.17) is 18.6 Å². The molecule has 3 saturated heterocycles. The molecule has 0 saturated carbocycles. The Morgan fingerprint density at radius 1 is 0.760 bits per heavy atom. The normalized spacial score (nSPS) is 17.8. The van der Waals surface area contributed by atoms with Gasteiger partial charge in [0.15, 0.2) is 0 Å². The first-order valence-electron chi connectivity index (χ1n) is 15.2. The third-order valence-electron chi connectivity index (χ3n) is 7.38. The molecule has 0 aromatic carbocycles. The van der Waals surface area contributed by atoms with E-state index >= 15 is 0 Å². The average Bonchev–Trinajstić information content (AvgIpc) is 3.06. The Morgan fingerprint density at radius 2 is 1.10 bits per heavy atom. The number of halogens is 1. The van der Waals surface area contributed by atoms with Crippen molar-refractivity contribution in [2.24, 2.45) is 22.7 Å². The molecule has 0 spiro atoms. The van der Waals surface area contributed by atoms with Gasteiger partial charge in [-0.2, -0.15) is 14.0 Å². The molecule has 0 bridgehead atoms. The fraction of sp³-hybridized carbons (Fsp3) is 0.714. The number of carbonyl (C=O) groups excluding carboxylic acids is 3. The molecule has 300 valence electrons. The van der Waals surface area contributed by atoms with Crippen LogP contribution in [0.15, 0.2) is 28.9 Å². The van der Waals surface area contributed by atoms with Gasteiger partial charge in [-0.05, 0) is 23.7 Å². The molecule has 0 aliphatic carbocycles. The molecule has 18 nitrogen and oxygen atoms in total. The predicted molar refractivity (Wildman–Crippen MR) is 167 cm³/mol. The van der Waals surface area contributed by atoms with E-state index < -0.39 is 10.2 Å².